The molecule has 1 saturated heterocycles. The number of likely N-dealkylation sites (tertiary alicyclic amines) is 1. The van der Waals surface area contributed by atoms with Gasteiger partial charge in [-0.2, -0.15) is 4.31 Å². The maximum absolute atomic E-state index is 12.4. The Hall–Kier alpha value is -1.71. The molecule has 2 aromatic heterocycles. The highest BCUT2D eigenvalue weighted by Crippen LogP contribution is 2.43. The smallest absolute Gasteiger partial charge is 0.212 e. The van der Waals surface area contributed by atoms with Crippen LogP contribution in [0.5, 0.6) is 0 Å². The van der Waals surface area contributed by atoms with Gasteiger partial charge >= 0.3 is 0 Å². The topological polar surface area (TPSA) is 87.1 Å². The van der Waals surface area contributed by atoms with Gasteiger partial charge in [0.25, 0.3) is 0 Å². The van der Waals surface area contributed by atoms with Gasteiger partial charge in [0.05, 0.1) is 30.4 Å². The Morgan fingerprint density at radius 3 is 2.64 bits per heavy atom. The Balaban J connectivity index is 1.60. The second kappa shape index (κ2) is 5.93. The molecule has 2 aliphatic rings. The van der Waals surface area contributed by atoms with E-state index in [1.807, 2.05) is 24.0 Å². The number of imidazole rings is 2. The Morgan fingerprint density at radius 1 is 1.24 bits per heavy atom. The molecule has 136 valence electrons. The number of sulfonamides is 1. The first kappa shape index (κ1) is 16.7. The quantitative estimate of drug-likeness (QED) is 0.855. The lowest BCUT2D eigenvalue weighted by Crippen LogP contribution is -2.57. The first-order chi connectivity index (χ1) is 11.9. The first-order valence-electron chi connectivity index (χ1n) is 8.59. The number of nitrogens with one attached hydrogen (secondary N) is 1. The molecule has 1 N–H and O–H groups in total. The summed E-state index contributed by atoms with van der Waals surface area (Å²) >= 11 is 0. The predicted octanol–water partition coefficient (Wildman–Crippen LogP) is 0.452. The molecule has 0 radical (unpaired) electrons. The Labute approximate surface area is 147 Å². The molecule has 0 atom stereocenters. The van der Waals surface area contributed by atoms with E-state index in [-0.39, 0.29) is 0 Å². The van der Waals surface area contributed by atoms with Crippen LogP contribution in [-0.4, -0.2) is 63.0 Å². The van der Waals surface area contributed by atoms with Crippen LogP contribution in [-0.2, 0) is 35.6 Å². The minimum Gasteiger partial charge on any atom is -0.348 e. The highest BCUT2D eigenvalue weighted by atomic mass is 32.2. The van der Waals surface area contributed by atoms with E-state index in [4.69, 9.17) is 0 Å². The van der Waals surface area contributed by atoms with Gasteiger partial charge in [-0.3, -0.25) is 4.90 Å². The van der Waals surface area contributed by atoms with Gasteiger partial charge in [-0.25, -0.2) is 18.4 Å². The van der Waals surface area contributed by atoms with Gasteiger partial charge in [0.1, 0.15) is 5.82 Å². The molecule has 2 aliphatic heterocycles. The fourth-order valence-corrected chi connectivity index (χ4v) is 5.58. The lowest BCUT2D eigenvalue weighted by atomic mass is 9.80. The van der Waals surface area contributed by atoms with Crippen LogP contribution in [0, 0.1) is 0 Å². The van der Waals surface area contributed by atoms with Gasteiger partial charge < -0.3 is 9.55 Å². The summed E-state index contributed by atoms with van der Waals surface area (Å²) in [5, 5.41) is 0. The molecule has 4 heterocycles. The Bertz CT molecular complexity index is 863. The summed E-state index contributed by atoms with van der Waals surface area (Å²) in [6, 6.07) is 0. The molecule has 25 heavy (non-hydrogen) atoms. The fraction of sp³-hybridized carbons (Fsp3) is 0.625. The van der Waals surface area contributed by atoms with E-state index in [1.165, 1.54) is 6.26 Å². The van der Waals surface area contributed by atoms with Crippen LogP contribution in [0.25, 0.3) is 0 Å². The summed E-state index contributed by atoms with van der Waals surface area (Å²) in [6.45, 7) is 2.95. The lowest BCUT2D eigenvalue weighted by Gasteiger charge is -2.49. The average molecular weight is 364 g/mol. The van der Waals surface area contributed by atoms with Crippen LogP contribution in [0.15, 0.2) is 18.7 Å². The van der Waals surface area contributed by atoms with E-state index in [0.29, 0.717) is 13.0 Å². The van der Waals surface area contributed by atoms with Crippen molar-refractivity contribution in [1.82, 2.24) is 28.7 Å². The van der Waals surface area contributed by atoms with E-state index in [1.54, 1.807) is 10.6 Å². The second-order valence-electron chi connectivity index (χ2n) is 7.08. The molecular weight excluding hydrogens is 340 g/mol. The Morgan fingerprint density at radius 2 is 2.00 bits per heavy atom. The summed E-state index contributed by atoms with van der Waals surface area (Å²) in [7, 11) is -1.29. The van der Waals surface area contributed by atoms with Gasteiger partial charge in [0.15, 0.2) is 0 Å². The van der Waals surface area contributed by atoms with E-state index in [2.05, 4.69) is 19.9 Å². The third-order valence-corrected chi connectivity index (χ3v) is 6.90. The van der Waals surface area contributed by atoms with Gasteiger partial charge in [0.2, 0.25) is 10.0 Å². The monoisotopic (exact) mass is 364 g/mol. The van der Waals surface area contributed by atoms with Gasteiger partial charge in [0, 0.05) is 51.2 Å². The number of hydrogen-bond acceptors (Lipinski definition) is 5. The van der Waals surface area contributed by atoms with E-state index < -0.39 is 15.6 Å². The van der Waals surface area contributed by atoms with Gasteiger partial charge in [-0.05, 0) is 12.8 Å². The number of fused-ring (bicyclic) bond motifs is 2. The minimum atomic E-state index is -3.28. The van der Waals surface area contributed by atoms with E-state index in [9.17, 15) is 8.42 Å². The maximum Gasteiger partial charge on any atom is 0.212 e. The summed E-state index contributed by atoms with van der Waals surface area (Å²) in [5.41, 5.74) is 1.48. The first-order valence-corrected chi connectivity index (χ1v) is 10.4. The standard InChI is InChI=1S/C16H24N6O2S/c1-20-10-6-17-14(20)11-21-8-4-16(5-9-21)15-13(18-12-19-15)3-7-22(16)25(2,23)24/h6,10,12H,3-5,7-9,11H2,1-2H3,(H,18,19). The van der Waals surface area contributed by atoms with Crippen LogP contribution in [0.4, 0.5) is 0 Å². The van der Waals surface area contributed by atoms with Crippen molar-refractivity contribution in [2.24, 2.45) is 7.05 Å². The van der Waals surface area contributed by atoms with E-state index in [0.717, 1.165) is 49.7 Å². The van der Waals surface area contributed by atoms with Crippen molar-refractivity contribution in [3.05, 3.63) is 35.9 Å². The van der Waals surface area contributed by atoms with Crippen molar-refractivity contribution in [2.45, 2.75) is 31.3 Å². The fourth-order valence-electron chi connectivity index (χ4n) is 4.26. The molecule has 0 amide bonds. The molecule has 0 aromatic carbocycles. The Kier molecular flexibility index (Phi) is 3.97. The number of piperidine rings is 1. The third kappa shape index (κ3) is 2.80. The normalized spacial score (nSPS) is 21.5. The predicted molar refractivity (Wildman–Crippen MR) is 93.2 cm³/mol. The molecule has 4 rings (SSSR count). The molecule has 1 spiro atoms. The molecule has 0 bridgehead atoms. The molecule has 2 aromatic rings. The van der Waals surface area contributed by atoms with Crippen molar-refractivity contribution >= 4 is 10.0 Å². The van der Waals surface area contributed by atoms with Crippen LogP contribution in [0.3, 0.4) is 0 Å². The van der Waals surface area contributed by atoms with Crippen molar-refractivity contribution < 1.29 is 8.42 Å². The molecule has 8 nitrogen and oxygen atoms in total. The SMILES string of the molecule is Cn1ccnc1CN1CCC2(CC1)c1nc[nH]c1CCN2S(C)(=O)=O. The number of hydrogen-bond donors (Lipinski definition) is 1. The molecule has 0 unspecified atom stereocenters. The van der Waals surface area contributed by atoms with Crippen molar-refractivity contribution in [3.8, 4) is 0 Å². The number of aryl methyl sites for hydroxylation is 1. The van der Waals surface area contributed by atoms with Crippen LogP contribution in [0.1, 0.15) is 30.1 Å². The van der Waals surface area contributed by atoms with Gasteiger partial charge in [-0.15, -0.1) is 0 Å². The molecule has 0 aliphatic carbocycles. The maximum atomic E-state index is 12.4. The highest BCUT2D eigenvalue weighted by molar-refractivity contribution is 7.88. The highest BCUT2D eigenvalue weighted by Gasteiger charge is 2.50. The molecule has 1 fully saturated rings. The lowest BCUT2D eigenvalue weighted by molar-refractivity contribution is 0.0590. The number of aromatic amines is 1. The van der Waals surface area contributed by atoms with Crippen molar-refractivity contribution in [1.29, 1.82) is 0 Å². The zero-order valence-electron chi connectivity index (χ0n) is 14.6. The molecule has 9 heteroatoms. The largest absolute Gasteiger partial charge is 0.348 e. The van der Waals surface area contributed by atoms with Crippen LogP contribution >= 0.6 is 0 Å². The summed E-state index contributed by atoms with van der Waals surface area (Å²) in [4.78, 5) is 14.4. The second-order valence-corrected chi connectivity index (χ2v) is 8.98. The number of H-pyrrole nitrogens is 1. The van der Waals surface area contributed by atoms with E-state index >= 15 is 0 Å². The van der Waals surface area contributed by atoms with Crippen molar-refractivity contribution in [3.63, 3.8) is 0 Å². The summed E-state index contributed by atoms with van der Waals surface area (Å²) in [6.07, 6.45) is 8.96. The minimum absolute atomic E-state index is 0.515. The van der Waals surface area contributed by atoms with Crippen LogP contribution in [0.2, 0.25) is 0 Å². The summed E-state index contributed by atoms with van der Waals surface area (Å²) in [5.74, 6) is 1.03. The van der Waals surface area contributed by atoms with Crippen LogP contribution < -0.4 is 0 Å². The number of aromatic nitrogens is 4. The third-order valence-electron chi connectivity index (χ3n) is 5.57. The number of nitrogens with zero attached hydrogens (tertiary/aromatic N) is 5. The molecular formula is C16H24N6O2S. The zero-order chi connectivity index (χ0) is 17.7. The molecule has 0 saturated carbocycles. The average Bonchev–Trinajstić information content (AvgIpc) is 3.19. The van der Waals surface area contributed by atoms with Crippen molar-refractivity contribution in [2.75, 3.05) is 25.9 Å². The number of rotatable bonds is 3. The van der Waals surface area contributed by atoms with Gasteiger partial charge in [-0.1, -0.05) is 0 Å². The zero-order valence-corrected chi connectivity index (χ0v) is 15.5. The summed E-state index contributed by atoms with van der Waals surface area (Å²) < 4.78 is 28.6.